The molecular weight excluding hydrogens is 464 g/mol. The third kappa shape index (κ3) is 11.5. The van der Waals surface area contributed by atoms with Crippen LogP contribution in [-0.2, 0) is 33.9 Å². The molecule has 0 radical (unpaired) electrons. The summed E-state index contributed by atoms with van der Waals surface area (Å²) >= 11 is 0. The van der Waals surface area contributed by atoms with Crippen molar-refractivity contribution in [1.29, 1.82) is 0 Å². The molecule has 0 unspecified atom stereocenters. The summed E-state index contributed by atoms with van der Waals surface area (Å²) in [7, 11) is -5.35. The van der Waals surface area contributed by atoms with Gasteiger partial charge in [-0.25, -0.2) is 17.9 Å². The van der Waals surface area contributed by atoms with Crippen molar-refractivity contribution in [3.8, 4) is 0 Å². The molecule has 1 aliphatic rings. The van der Waals surface area contributed by atoms with Crippen LogP contribution in [0.15, 0.2) is 0 Å². The Bertz CT molecular complexity index is 823. The average molecular weight is 507 g/mol. The highest BCUT2D eigenvalue weighted by Crippen LogP contribution is 2.23. The molecule has 1 N–H and O–H groups in total. The first kappa shape index (κ1) is 29.6. The first-order chi connectivity index (χ1) is 14.7. The lowest BCUT2D eigenvalue weighted by atomic mass is 10.1. The van der Waals surface area contributed by atoms with Gasteiger partial charge in [-0.1, -0.05) is 19.6 Å². The maximum absolute atomic E-state index is 12.8. The van der Waals surface area contributed by atoms with Crippen LogP contribution >= 0.6 is 0 Å². The Hall–Kier alpha value is -1.46. The molecule has 0 aromatic rings. The van der Waals surface area contributed by atoms with Crippen LogP contribution in [0.2, 0.25) is 25.7 Å². The maximum atomic E-state index is 12.8. The van der Waals surface area contributed by atoms with Crippen molar-refractivity contribution in [3.63, 3.8) is 0 Å². The van der Waals surface area contributed by atoms with E-state index in [4.69, 9.17) is 9.47 Å². The van der Waals surface area contributed by atoms with Gasteiger partial charge in [0.25, 0.3) is 0 Å². The highest BCUT2D eigenvalue weighted by atomic mass is 32.2. The van der Waals surface area contributed by atoms with Gasteiger partial charge in [0, 0.05) is 21.0 Å². The summed E-state index contributed by atoms with van der Waals surface area (Å²) in [6.07, 6.45) is 0.516. The Morgan fingerprint density at radius 3 is 2.12 bits per heavy atom. The fraction of sp³-hybridized carbons (Fsp3) is 0.864. The minimum absolute atomic E-state index is 0.00781. The fourth-order valence-corrected chi connectivity index (χ4v) is 7.50. The van der Waals surface area contributed by atoms with Crippen LogP contribution in [0, 0.1) is 0 Å². The van der Waals surface area contributed by atoms with Gasteiger partial charge in [-0.05, 0) is 60.4 Å². The molecule has 0 aromatic heterocycles. The number of rotatable bonds is 10. The monoisotopic (exact) mass is 506 g/mol. The molecule has 1 heterocycles. The molecule has 11 heteroatoms. The smallest absolute Gasteiger partial charge is 0.329 e. The lowest BCUT2D eigenvalue weighted by molar-refractivity contribution is -0.162. The number of carbonyl (C=O) groups excluding carboxylic acids is 3. The zero-order valence-electron chi connectivity index (χ0n) is 21.6. The van der Waals surface area contributed by atoms with E-state index in [1.54, 1.807) is 41.5 Å². The molecule has 1 rings (SSSR count). The summed E-state index contributed by atoms with van der Waals surface area (Å²) in [6, 6.07) is -1.36. The van der Waals surface area contributed by atoms with Gasteiger partial charge in [-0.2, -0.15) is 0 Å². The first-order valence-electron chi connectivity index (χ1n) is 11.4. The Balaban J connectivity index is 2.99. The van der Waals surface area contributed by atoms with Gasteiger partial charge in [0.1, 0.15) is 23.3 Å². The van der Waals surface area contributed by atoms with E-state index in [-0.39, 0.29) is 31.0 Å². The molecule has 33 heavy (non-hydrogen) atoms. The molecule has 1 aliphatic heterocycles. The van der Waals surface area contributed by atoms with Gasteiger partial charge in [-0.3, -0.25) is 9.59 Å². The van der Waals surface area contributed by atoms with Gasteiger partial charge < -0.3 is 14.4 Å². The summed E-state index contributed by atoms with van der Waals surface area (Å²) in [6.45, 7) is 16.6. The minimum atomic E-state index is -3.74. The third-order valence-corrected chi connectivity index (χ3v) is 8.30. The second-order valence-electron chi connectivity index (χ2n) is 11.8. The summed E-state index contributed by atoms with van der Waals surface area (Å²) in [4.78, 5) is 39.2. The largest absolute Gasteiger partial charge is 0.459 e. The van der Waals surface area contributed by atoms with Crippen molar-refractivity contribution in [2.24, 2.45) is 0 Å². The number of sulfonamides is 1. The fourth-order valence-electron chi connectivity index (χ4n) is 3.21. The highest BCUT2D eigenvalue weighted by molar-refractivity contribution is 7.89. The van der Waals surface area contributed by atoms with Gasteiger partial charge in [0.15, 0.2) is 0 Å². The van der Waals surface area contributed by atoms with Crippen LogP contribution in [0.1, 0.15) is 60.8 Å². The molecule has 0 aromatic carbocycles. The summed E-state index contributed by atoms with van der Waals surface area (Å²) in [5, 5.41) is 0. The second-order valence-corrected chi connectivity index (χ2v) is 19.3. The standard InChI is InChI=1S/C22H42N2O7SSi/c1-21(2,3)30-19(26)16(23-32(28,29)14-15-33(7,8)9)12-13-24-17(10-11-18(24)25)20(27)31-22(4,5)6/h16-17,23H,10-15H2,1-9H3/t16-,17-/m0/s1. The Kier molecular flexibility index (Phi) is 9.73. The van der Waals surface area contributed by atoms with Crippen molar-refractivity contribution in [2.45, 2.75) is 110 Å². The Labute approximate surface area is 200 Å². The number of amides is 1. The number of likely N-dealkylation sites (tertiary alicyclic amines) is 1. The summed E-state index contributed by atoms with van der Waals surface area (Å²) < 4.78 is 38.7. The lowest BCUT2D eigenvalue weighted by Gasteiger charge is -2.29. The predicted octanol–water partition coefficient (Wildman–Crippen LogP) is 2.68. The van der Waals surface area contributed by atoms with E-state index in [1.165, 1.54) is 4.90 Å². The van der Waals surface area contributed by atoms with Crippen molar-refractivity contribution in [2.75, 3.05) is 12.3 Å². The second kappa shape index (κ2) is 10.9. The van der Waals surface area contributed by atoms with E-state index >= 15 is 0 Å². The normalized spacial score (nSPS) is 18.9. The first-order valence-corrected chi connectivity index (χ1v) is 16.8. The molecule has 192 valence electrons. The van der Waals surface area contributed by atoms with Crippen LogP contribution in [0.3, 0.4) is 0 Å². The summed E-state index contributed by atoms with van der Waals surface area (Å²) in [5.74, 6) is -1.52. The van der Waals surface area contributed by atoms with Crippen LogP contribution in [0.4, 0.5) is 0 Å². The summed E-state index contributed by atoms with van der Waals surface area (Å²) in [5.41, 5.74) is -1.50. The van der Waals surface area contributed by atoms with E-state index in [2.05, 4.69) is 24.4 Å². The number of ether oxygens (including phenoxy) is 2. The highest BCUT2D eigenvalue weighted by Gasteiger charge is 2.39. The predicted molar refractivity (Wildman–Crippen MR) is 130 cm³/mol. The average Bonchev–Trinajstić information content (AvgIpc) is 2.94. The molecule has 0 aliphatic carbocycles. The number of nitrogens with one attached hydrogen (secondary N) is 1. The van der Waals surface area contributed by atoms with E-state index in [0.29, 0.717) is 12.5 Å². The van der Waals surface area contributed by atoms with Crippen LogP contribution in [0.5, 0.6) is 0 Å². The van der Waals surface area contributed by atoms with Crippen molar-refractivity contribution >= 4 is 35.9 Å². The van der Waals surface area contributed by atoms with Gasteiger partial charge in [-0.15, -0.1) is 0 Å². The molecule has 2 atom stereocenters. The van der Waals surface area contributed by atoms with Crippen LogP contribution in [-0.4, -0.2) is 74.8 Å². The number of hydrogen-bond donors (Lipinski definition) is 1. The SMILES string of the molecule is CC(C)(C)OC(=O)[C@H](CCN1C(=O)CC[C@H]1C(=O)OC(C)(C)C)NS(=O)(=O)CC[Si](C)(C)C. The zero-order chi connectivity index (χ0) is 25.8. The van der Waals surface area contributed by atoms with Crippen molar-refractivity contribution < 1.29 is 32.3 Å². The van der Waals surface area contributed by atoms with Crippen LogP contribution in [0.25, 0.3) is 0 Å². The number of hydrogen-bond acceptors (Lipinski definition) is 7. The Morgan fingerprint density at radius 1 is 1.09 bits per heavy atom. The minimum Gasteiger partial charge on any atom is -0.459 e. The lowest BCUT2D eigenvalue weighted by Crippen LogP contribution is -2.49. The van der Waals surface area contributed by atoms with E-state index in [9.17, 15) is 22.8 Å². The molecule has 1 fully saturated rings. The topological polar surface area (TPSA) is 119 Å². The number of nitrogens with zero attached hydrogens (tertiary/aromatic N) is 1. The third-order valence-electron chi connectivity index (χ3n) is 4.80. The molecule has 0 bridgehead atoms. The maximum Gasteiger partial charge on any atom is 0.329 e. The number of esters is 2. The van der Waals surface area contributed by atoms with E-state index in [0.717, 1.165) is 0 Å². The van der Waals surface area contributed by atoms with Crippen LogP contribution < -0.4 is 4.72 Å². The van der Waals surface area contributed by atoms with Crippen molar-refractivity contribution in [1.82, 2.24) is 9.62 Å². The number of carbonyl (C=O) groups is 3. The van der Waals surface area contributed by atoms with Crippen molar-refractivity contribution in [3.05, 3.63) is 0 Å². The van der Waals surface area contributed by atoms with Gasteiger partial charge in [0.05, 0.1) is 5.75 Å². The molecule has 1 saturated heterocycles. The molecule has 1 amide bonds. The quantitative estimate of drug-likeness (QED) is 0.357. The molecule has 9 nitrogen and oxygen atoms in total. The zero-order valence-corrected chi connectivity index (χ0v) is 23.4. The molecular formula is C22H42N2O7SSi. The Morgan fingerprint density at radius 2 is 1.64 bits per heavy atom. The van der Waals surface area contributed by atoms with E-state index < -0.39 is 53.3 Å². The molecule has 0 spiro atoms. The van der Waals surface area contributed by atoms with Gasteiger partial charge in [0.2, 0.25) is 15.9 Å². The molecule has 0 saturated carbocycles. The van der Waals surface area contributed by atoms with Gasteiger partial charge >= 0.3 is 11.9 Å². The van der Waals surface area contributed by atoms with E-state index in [1.807, 2.05) is 0 Å².